The molecule has 18 heavy (non-hydrogen) atoms. The first kappa shape index (κ1) is 13.3. The topological polar surface area (TPSA) is 43.8 Å². The van der Waals surface area contributed by atoms with Crippen LogP contribution in [0.15, 0.2) is 41.3 Å². The summed E-state index contributed by atoms with van der Waals surface area (Å²) in [5.74, 6) is 0.831. The Morgan fingerprint density at radius 1 is 1.28 bits per heavy atom. The van der Waals surface area contributed by atoms with Crippen LogP contribution in [0.4, 0.5) is 0 Å². The van der Waals surface area contributed by atoms with Crippen LogP contribution in [-0.2, 0) is 0 Å². The molecule has 1 atom stereocenters. The predicted octanol–water partition coefficient (Wildman–Crippen LogP) is 3.33. The van der Waals surface area contributed by atoms with Crippen LogP contribution in [0.5, 0.6) is 0 Å². The van der Waals surface area contributed by atoms with Gasteiger partial charge in [0, 0.05) is 34.5 Å². The molecule has 0 bridgehead atoms. The van der Waals surface area contributed by atoms with Gasteiger partial charge in [-0.2, -0.15) is 0 Å². The number of aromatic nitrogens is 2. The molecular formula is C14H18BrN3. The number of benzene rings is 1. The molecule has 3 nitrogen and oxygen atoms in total. The minimum Gasteiger partial charge on any atom is -0.330 e. The Balaban J connectivity index is 2.41. The summed E-state index contributed by atoms with van der Waals surface area (Å²) in [6.45, 7) is 5.02. The second-order valence-corrected chi connectivity index (χ2v) is 5.67. The van der Waals surface area contributed by atoms with Crippen molar-refractivity contribution < 1.29 is 0 Å². The lowest BCUT2D eigenvalue weighted by molar-refractivity contribution is 0.490. The Bertz CT molecular complexity index is 502. The van der Waals surface area contributed by atoms with Crippen molar-refractivity contribution in [2.24, 2.45) is 11.7 Å². The number of nitrogens with two attached hydrogens (primary N) is 1. The van der Waals surface area contributed by atoms with Crippen molar-refractivity contribution in [3.8, 4) is 5.69 Å². The van der Waals surface area contributed by atoms with E-state index in [1.807, 2.05) is 24.7 Å². The zero-order chi connectivity index (χ0) is 13.1. The van der Waals surface area contributed by atoms with Crippen molar-refractivity contribution in [2.75, 3.05) is 6.54 Å². The fourth-order valence-corrected chi connectivity index (χ4v) is 2.40. The molecule has 0 spiro atoms. The summed E-state index contributed by atoms with van der Waals surface area (Å²) in [6, 6.07) is 8.21. The molecule has 1 aromatic carbocycles. The molecule has 0 saturated carbocycles. The summed E-state index contributed by atoms with van der Waals surface area (Å²) >= 11 is 3.45. The Morgan fingerprint density at radius 3 is 2.50 bits per heavy atom. The maximum absolute atomic E-state index is 5.89. The molecule has 0 amide bonds. The second-order valence-electron chi connectivity index (χ2n) is 4.75. The first-order valence-corrected chi connectivity index (χ1v) is 6.91. The van der Waals surface area contributed by atoms with E-state index in [1.165, 1.54) is 5.69 Å². The molecule has 2 N–H and O–H groups in total. The fourth-order valence-electron chi connectivity index (χ4n) is 2.13. The van der Waals surface area contributed by atoms with Gasteiger partial charge < -0.3 is 10.3 Å². The van der Waals surface area contributed by atoms with E-state index < -0.39 is 0 Å². The highest BCUT2D eigenvalue weighted by molar-refractivity contribution is 9.10. The summed E-state index contributed by atoms with van der Waals surface area (Å²) in [5.41, 5.74) is 8.18. The van der Waals surface area contributed by atoms with E-state index in [4.69, 9.17) is 5.73 Å². The highest BCUT2D eigenvalue weighted by atomic mass is 79.9. The summed E-state index contributed by atoms with van der Waals surface area (Å²) in [4.78, 5) is 4.27. The molecule has 2 aromatic rings. The van der Waals surface area contributed by atoms with Gasteiger partial charge in [0.05, 0.1) is 6.33 Å². The molecular weight excluding hydrogens is 290 g/mol. The summed E-state index contributed by atoms with van der Waals surface area (Å²) in [5, 5.41) is 0. The number of rotatable bonds is 4. The Hall–Kier alpha value is -1.13. The molecule has 96 valence electrons. The first-order valence-electron chi connectivity index (χ1n) is 6.11. The van der Waals surface area contributed by atoms with Gasteiger partial charge in [0.2, 0.25) is 0 Å². The van der Waals surface area contributed by atoms with Gasteiger partial charge in [-0.25, -0.2) is 4.98 Å². The van der Waals surface area contributed by atoms with Crippen LogP contribution in [-0.4, -0.2) is 16.1 Å². The van der Waals surface area contributed by atoms with Crippen LogP contribution in [0.2, 0.25) is 0 Å². The molecule has 4 heteroatoms. The second kappa shape index (κ2) is 5.67. The van der Waals surface area contributed by atoms with Crippen molar-refractivity contribution in [1.82, 2.24) is 9.55 Å². The largest absolute Gasteiger partial charge is 0.330 e. The summed E-state index contributed by atoms with van der Waals surface area (Å²) in [6.07, 6.45) is 3.77. The SMILES string of the molecule is CC(C)C(CN)c1cncn1-c1ccc(Br)cc1. The van der Waals surface area contributed by atoms with Crippen molar-refractivity contribution in [1.29, 1.82) is 0 Å². The molecule has 0 radical (unpaired) electrons. The zero-order valence-corrected chi connectivity index (χ0v) is 12.3. The highest BCUT2D eigenvalue weighted by Crippen LogP contribution is 2.25. The molecule has 1 unspecified atom stereocenters. The third kappa shape index (κ3) is 2.65. The third-order valence-corrected chi connectivity index (χ3v) is 3.74. The lowest BCUT2D eigenvalue weighted by Gasteiger charge is -2.20. The maximum Gasteiger partial charge on any atom is 0.0994 e. The van der Waals surface area contributed by atoms with Crippen molar-refractivity contribution in [3.05, 3.63) is 47.0 Å². The van der Waals surface area contributed by atoms with E-state index in [0.717, 1.165) is 10.2 Å². The normalized spacial score (nSPS) is 12.9. The van der Waals surface area contributed by atoms with Gasteiger partial charge in [-0.3, -0.25) is 0 Å². The van der Waals surface area contributed by atoms with Crippen LogP contribution in [0, 0.1) is 5.92 Å². The van der Waals surface area contributed by atoms with E-state index >= 15 is 0 Å². The molecule has 0 aliphatic rings. The zero-order valence-electron chi connectivity index (χ0n) is 10.7. The van der Waals surface area contributed by atoms with E-state index in [9.17, 15) is 0 Å². The number of hydrogen-bond acceptors (Lipinski definition) is 2. The standard InChI is InChI=1S/C14H18BrN3/c1-10(2)13(7-16)14-8-17-9-18(14)12-5-3-11(15)4-6-12/h3-6,8-10,13H,7,16H2,1-2H3. The summed E-state index contributed by atoms with van der Waals surface area (Å²) < 4.78 is 3.19. The molecule has 0 saturated heterocycles. The maximum atomic E-state index is 5.89. The predicted molar refractivity (Wildman–Crippen MR) is 77.9 cm³/mol. The Kier molecular flexibility index (Phi) is 4.19. The van der Waals surface area contributed by atoms with Crippen LogP contribution in [0.25, 0.3) is 5.69 Å². The number of hydrogen-bond donors (Lipinski definition) is 1. The van der Waals surface area contributed by atoms with E-state index in [2.05, 4.69) is 51.5 Å². The monoisotopic (exact) mass is 307 g/mol. The summed E-state index contributed by atoms with van der Waals surface area (Å²) in [7, 11) is 0. The van der Waals surface area contributed by atoms with Crippen LogP contribution in [0.3, 0.4) is 0 Å². The van der Waals surface area contributed by atoms with E-state index in [0.29, 0.717) is 18.4 Å². The lowest BCUT2D eigenvalue weighted by atomic mass is 9.93. The number of imidazole rings is 1. The molecule has 0 aliphatic heterocycles. The Morgan fingerprint density at radius 2 is 1.94 bits per heavy atom. The number of halogens is 1. The average Bonchev–Trinajstić information content (AvgIpc) is 2.79. The van der Waals surface area contributed by atoms with Crippen LogP contribution < -0.4 is 5.73 Å². The highest BCUT2D eigenvalue weighted by Gasteiger charge is 2.18. The van der Waals surface area contributed by atoms with Crippen LogP contribution >= 0.6 is 15.9 Å². The van der Waals surface area contributed by atoms with Crippen LogP contribution in [0.1, 0.15) is 25.5 Å². The van der Waals surface area contributed by atoms with Crippen molar-refractivity contribution in [2.45, 2.75) is 19.8 Å². The average molecular weight is 308 g/mol. The number of nitrogens with zero attached hydrogens (tertiary/aromatic N) is 2. The quantitative estimate of drug-likeness (QED) is 0.941. The van der Waals surface area contributed by atoms with E-state index in [1.54, 1.807) is 0 Å². The van der Waals surface area contributed by atoms with Crippen molar-refractivity contribution in [3.63, 3.8) is 0 Å². The smallest absolute Gasteiger partial charge is 0.0994 e. The lowest BCUT2D eigenvalue weighted by Crippen LogP contribution is -2.20. The van der Waals surface area contributed by atoms with E-state index in [-0.39, 0.29) is 0 Å². The first-order chi connectivity index (χ1) is 8.63. The van der Waals surface area contributed by atoms with Gasteiger partial charge in [0.1, 0.15) is 0 Å². The minimum atomic E-state index is 0.330. The molecule has 0 fully saturated rings. The molecule has 0 aliphatic carbocycles. The molecule has 1 heterocycles. The molecule has 2 rings (SSSR count). The van der Waals surface area contributed by atoms with Crippen molar-refractivity contribution >= 4 is 15.9 Å². The third-order valence-electron chi connectivity index (χ3n) is 3.21. The molecule has 1 aromatic heterocycles. The van der Waals surface area contributed by atoms with Gasteiger partial charge in [0.25, 0.3) is 0 Å². The van der Waals surface area contributed by atoms with Gasteiger partial charge in [0.15, 0.2) is 0 Å². The minimum absolute atomic E-state index is 0.330. The fraction of sp³-hybridized carbons (Fsp3) is 0.357. The van der Waals surface area contributed by atoms with Gasteiger partial charge in [-0.15, -0.1) is 0 Å². The van der Waals surface area contributed by atoms with Gasteiger partial charge in [-0.05, 0) is 30.2 Å². The van der Waals surface area contributed by atoms with Gasteiger partial charge in [-0.1, -0.05) is 29.8 Å². The Labute approximate surface area is 116 Å². The van der Waals surface area contributed by atoms with Gasteiger partial charge >= 0.3 is 0 Å².